The fraction of sp³-hybridized carbons (Fsp3) is 0.538. The summed E-state index contributed by atoms with van der Waals surface area (Å²) in [5, 5.41) is 0.629. The highest BCUT2D eigenvalue weighted by Gasteiger charge is 2.27. The molecule has 0 aliphatic carbocycles. The average Bonchev–Trinajstić information content (AvgIpc) is 2.39. The average molecular weight is 348 g/mol. The lowest BCUT2D eigenvalue weighted by Gasteiger charge is -2.32. The highest BCUT2D eigenvalue weighted by molar-refractivity contribution is 9.10. The Morgan fingerprint density at radius 2 is 2.26 bits per heavy atom. The number of ether oxygens (including phenoxy) is 1. The molecule has 1 aliphatic rings. The van der Waals surface area contributed by atoms with E-state index in [9.17, 15) is 4.79 Å². The summed E-state index contributed by atoms with van der Waals surface area (Å²) < 4.78 is 5.92. The highest BCUT2D eigenvalue weighted by atomic mass is 79.9. The number of pyridine rings is 1. The summed E-state index contributed by atoms with van der Waals surface area (Å²) in [6, 6.07) is 1.83. The number of nitrogens with zero attached hydrogens (tertiary/aromatic N) is 2. The number of carbonyl (C=O) groups is 1. The SMILES string of the molecule is CCOC(=O)C1CCN(c2ncc(Br)cc2Cl)CC1. The van der Waals surface area contributed by atoms with Crippen molar-refractivity contribution >= 4 is 39.3 Å². The van der Waals surface area contributed by atoms with E-state index in [4.69, 9.17) is 16.3 Å². The molecule has 0 N–H and O–H groups in total. The Morgan fingerprint density at radius 3 is 2.84 bits per heavy atom. The topological polar surface area (TPSA) is 42.4 Å². The van der Waals surface area contributed by atoms with E-state index in [1.54, 1.807) is 6.20 Å². The van der Waals surface area contributed by atoms with Crippen LogP contribution in [-0.4, -0.2) is 30.6 Å². The Morgan fingerprint density at radius 1 is 1.58 bits per heavy atom. The molecule has 0 aromatic carbocycles. The van der Waals surface area contributed by atoms with Gasteiger partial charge in [-0.1, -0.05) is 11.6 Å². The Labute approximate surface area is 126 Å². The van der Waals surface area contributed by atoms with Crippen LogP contribution in [0.5, 0.6) is 0 Å². The predicted molar refractivity (Wildman–Crippen MR) is 78.5 cm³/mol. The van der Waals surface area contributed by atoms with Crippen molar-refractivity contribution in [1.82, 2.24) is 4.98 Å². The number of aromatic nitrogens is 1. The first-order valence-electron chi connectivity index (χ1n) is 6.34. The van der Waals surface area contributed by atoms with Gasteiger partial charge in [0.1, 0.15) is 5.82 Å². The molecule has 2 heterocycles. The van der Waals surface area contributed by atoms with E-state index < -0.39 is 0 Å². The third-order valence-corrected chi connectivity index (χ3v) is 3.91. The van der Waals surface area contributed by atoms with Gasteiger partial charge in [-0.15, -0.1) is 0 Å². The fourth-order valence-electron chi connectivity index (χ4n) is 2.23. The first kappa shape index (κ1) is 14.6. The monoisotopic (exact) mass is 346 g/mol. The van der Waals surface area contributed by atoms with Crippen molar-refractivity contribution in [2.75, 3.05) is 24.6 Å². The van der Waals surface area contributed by atoms with Crippen LogP contribution in [0.25, 0.3) is 0 Å². The molecular weight excluding hydrogens is 332 g/mol. The zero-order chi connectivity index (χ0) is 13.8. The van der Waals surface area contributed by atoms with E-state index >= 15 is 0 Å². The fourth-order valence-corrected chi connectivity index (χ4v) is 2.98. The second-order valence-corrected chi connectivity index (χ2v) is 5.80. The Balaban J connectivity index is 1.98. The Hall–Kier alpha value is -0.810. The Bertz CT molecular complexity index is 462. The molecule has 0 atom stereocenters. The van der Waals surface area contributed by atoms with Crippen LogP contribution in [0.3, 0.4) is 0 Å². The lowest BCUT2D eigenvalue weighted by atomic mass is 9.97. The lowest BCUT2D eigenvalue weighted by Crippen LogP contribution is -2.37. The normalized spacial score (nSPS) is 16.5. The van der Waals surface area contributed by atoms with Crippen LogP contribution in [0.1, 0.15) is 19.8 Å². The predicted octanol–water partition coefficient (Wildman–Crippen LogP) is 3.28. The minimum Gasteiger partial charge on any atom is -0.466 e. The van der Waals surface area contributed by atoms with Gasteiger partial charge in [0.2, 0.25) is 0 Å². The van der Waals surface area contributed by atoms with Crippen molar-refractivity contribution < 1.29 is 9.53 Å². The molecule has 0 saturated carbocycles. The van der Waals surface area contributed by atoms with Gasteiger partial charge < -0.3 is 9.64 Å². The number of carbonyl (C=O) groups excluding carboxylic acids is 1. The molecule has 4 nitrogen and oxygen atoms in total. The smallest absolute Gasteiger partial charge is 0.309 e. The van der Waals surface area contributed by atoms with Crippen LogP contribution in [0.2, 0.25) is 5.02 Å². The maximum absolute atomic E-state index is 11.7. The minimum atomic E-state index is -0.0861. The number of hydrogen-bond acceptors (Lipinski definition) is 4. The van der Waals surface area contributed by atoms with Gasteiger partial charge in [-0.25, -0.2) is 4.98 Å². The second-order valence-electron chi connectivity index (χ2n) is 4.47. The summed E-state index contributed by atoms with van der Waals surface area (Å²) in [5.74, 6) is 0.703. The maximum atomic E-state index is 11.7. The summed E-state index contributed by atoms with van der Waals surface area (Å²) >= 11 is 9.53. The Kier molecular flexibility index (Phi) is 5.05. The molecule has 1 aromatic heterocycles. The van der Waals surface area contributed by atoms with Crippen molar-refractivity contribution in [2.45, 2.75) is 19.8 Å². The standard InChI is InChI=1S/C13H16BrClN2O2/c1-2-19-13(18)9-3-5-17(6-4-9)12-11(15)7-10(14)8-16-12/h7-9H,2-6H2,1H3. The number of rotatable bonds is 3. The number of hydrogen-bond donors (Lipinski definition) is 0. The van der Waals surface area contributed by atoms with Gasteiger partial charge >= 0.3 is 5.97 Å². The maximum Gasteiger partial charge on any atom is 0.309 e. The number of halogens is 2. The highest BCUT2D eigenvalue weighted by Crippen LogP contribution is 2.29. The molecule has 0 amide bonds. The third kappa shape index (κ3) is 3.60. The van der Waals surface area contributed by atoms with Gasteiger partial charge in [-0.2, -0.15) is 0 Å². The molecule has 1 fully saturated rings. The van der Waals surface area contributed by atoms with Gasteiger partial charge in [-0.3, -0.25) is 4.79 Å². The van der Waals surface area contributed by atoms with Crippen molar-refractivity contribution in [3.8, 4) is 0 Å². The molecule has 2 rings (SSSR count). The number of esters is 1. The van der Waals surface area contributed by atoms with Crippen LogP contribution < -0.4 is 4.90 Å². The molecule has 6 heteroatoms. The van der Waals surface area contributed by atoms with Crippen LogP contribution in [0.4, 0.5) is 5.82 Å². The number of piperidine rings is 1. The second kappa shape index (κ2) is 6.57. The molecular formula is C13H16BrClN2O2. The lowest BCUT2D eigenvalue weighted by molar-refractivity contribution is -0.148. The van der Waals surface area contributed by atoms with Crippen molar-refractivity contribution in [1.29, 1.82) is 0 Å². The van der Waals surface area contributed by atoms with E-state index in [0.29, 0.717) is 11.6 Å². The zero-order valence-electron chi connectivity index (χ0n) is 10.7. The molecule has 0 radical (unpaired) electrons. The van der Waals surface area contributed by atoms with Gasteiger partial charge in [0, 0.05) is 23.8 Å². The van der Waals surface area contributed by atoms with Gasteiger partial charge in [0.05, 0.1) is 17.5 Å². The summed E-state index contributed by atoms with van der Waals surface area (Å²) in [5.41, 5.74) is 0. The summed E-state index contributed by atoms with van der Waals surface area (Å²) in [6.07, 6.45) is 3.30. The molecule has 1 aromatic rings. The van der Waals surface area contributed by atoms with E-state index in [2.05, 4.69) is 25.8 Å². The molecule has 104 valence electrons. The van der Waals surface area contributed by atoms with E-state index in [-0.39, 0.29) is 11.9 Å². The quantitative estimate of drug-likeness (QED) is 0.787. The molecule has 0 spiro atoms. The first-order chi connectivity index (χ1) is 9.11. The van der Waals surface area contributed by atoms with Gasteiger partial charge in [0.25, 0.3) is 0 Å². The van der Waals surface area contributed by atoms with Crippen LogP contribution >= 0.6 is 27.5 Å². The van der Waals surface area contributed by atoms with Gasteiger partial charge in [0.15, 0.2) is 0 Å². The molecule has 19 heavy (non-hydrogen) atoms. The minimum absolute atomic E-state index is 0.00502. The van der Waals surface area contributed by atoms with E-state index in [1.807, 2.05) is 13.0 Å². The first-order valence-corrected chi connectivity index (χ1v) is 7.51. The largest absolute Gasteiger partial charge is 0.466 e. The van der Waals surface area contributed by atoms with Crippen molar-refractivity contribution in [3.63, 3.8) is 0 Å². The summed E-state index contributed by atoms with van der Waals surface area (Å²) in [7, 11) is 0. The van der Waals surface area contributed by atoms with Crippen LogP contribution in [-0.2, 0) is 9.53 Å². The van der Waals surface area contributed by atoms with Crippen molar-refractivity contribution in [3.05, 3.63) is 21.8 Å². The van der Waals surface area contributed by atoms with Gasteiger partial charge in [-0.05, 0) is 41.8 Å². The summed E-state index contributed by atoms with van der Waals surface area (Å²) in [4.78, 5) is 18.1. The zero-order valence-corrected chi connectivity index (χ0v) is 13.1. The van der Waals surface area contributed by atoms with Crippen LogP contribution in [0.15, 0.2) is 16.7 Å². The van der Waals surface area contributed by atoms with Crippen molar-refractivity contribution in [2.24, 2.45) is 5.92 Å². The third-order valence-electron chi connectivity index (χ3n) is 3.20. The van der Waals surface area contributed by atoms with Crippen LogP contribution in [0, 0.1) is 5.92 Å². The van der Waals surface area contributed by atoms with E-state index in [1.165, 1.54) is 0 Å². The van der Waals surface area contributed by atoms with E-state index in [0.717, 1.165) is 36.2 Å². The summed E-state index contributed by atoms with van der Waals surface area (Å²) in [6.45, 7) is 3.83. The molecule has 0 bridgehead atoms. The molecule has 1 saturated heterocycles. The molecule has 1 aliphatic heterocycles. The molecule has 0 unspecified atom stereocenters. The number of anilines is 1.